The largest absolute Gasteiger partial charge is 0.477 e. The van der Waals surface area contributed by atoms with Gasteiger partial charge in [0.05, 0.1) is 43.5 Å². The van der Waals surface area contributed by atoms with Gasteiger partial charge in [-0.3, -0.25) is 9.36 Å². The number of amides is 1. The highest BCUT2D eigenvalue weighted by Crippen LogP contribution is 2.34. The number of rotatable bonds is 9. The molecule has 226 valence electrons. The summed E-state index contributed by atoms with van der Waals surface area (Å²) < 4.78 is 46.7. The zero-order chi connectivity index (χ0) is 29.1. The Morgan fingerprint density at radius 1 is 1.02 bits per heavy atom. The van der Waals surface area contributed by atoms with E-state index < -0.39 is 6.43 Å². The van der Waals surface area contributed by atoms with E-state index in [0.29, 0.717) is 62.4 Å². The van der Waals surface area contributed by atoms with Crippen LogP contribution in [-0.2, 0) is 14.3 Å². The van der Waals surface area contributed by atoms with Crippen molar-refractivity contribution in [3.8, 4) is 11.7 Å². The molecule has 2 saturated heterocycles. The van der Waals surface area contributed by atoms with Gasteiger partial charge >= 0.3 is 0 Å². The quantitative estimate of drug-likeness (QED) is 0.365. The van der Waals surface area contributed by atoms with Crippen molar-refractivity contribution < 1.29 is 27.8 Å². The van der Waals surface area contributed by atoms with Gasteiger partial charge in [-0.15, -0.1) is 0 Å². The van der Waals surface area contributed by atoms with Gasteiger partial charge in [-0.2, -0.15) is 9.97 Å². The number of nitrogens with zero attached hydrogens (tertiary/aromatic N) is 6. The molecule has 0 radical (unpaired) electrons. The van der Waals surface area contributed by atoms with E-state index in [2.05, 4.69) is 9.97 Å². The normalized spacial score (nSPS) is 23.2. The molecule has 4 heterocycles. The molecule has 42 heavy (non-hydrogen) atoms. The molecule has 1 saturated carbocycles. The van der Waals surface area contributed by atoms with Gasteiger partial charge in [0.15, 0.2) is 5.82 Å². The van der Waals surface area contributed by atoms with Crippen molar-refractivity contribution in [1.29, 1.82) is 0 Å². The number of benzene rings is 1. The fraction of sp³-hybridized carbons (Fsp3) is 0.600. The highest BCUT2D eigenvalue weighted by molar-refractivity contribution is 5.79. The van der Waals surface area contributed by atoms with Crippen LogP contribution in [0.4, 0.5) is 14.7 Å². The first-order valence-corrected chi connectivity index (χ1v) is 14.9. The van der Waals surface area contributed by atoms with Gasteiger partial charge in [0, 0.05) is 38.7 Å². The number of anilines is 1. The van der Waals surface area contributed by atoms with Crippen LogP contribution in [0, 0.1) is 11.8 Å². The molecule has 0 N–H and O–H groups in total. The summed E-state index contributed by atoms with van der Waals surface area (Å²) in [5, 5.41) is 0. The lowest BCUT2D eigenvalue weighted by Gasteiger charge is -2.33. The maximum atomic E-state index is 14.1. The predicted octanol–water partition coefficient (Wildman–Crippen LogP) is 4.41. The summed E-state index contributed by atoms with van der Waals surface area (Å²) in [5.74, 6) is 1.23. The summed E-state index contributed by atoms with van der Waals surface area (Å²) in [6.45, 7) is 4.09. The molecule has 2 aromatic heterocycles. The fourth-order valence-electron chi connectivity index (χ4n) is 6.43. The predicted molar refractivity (Wildman–Crippen MR) is 152 cm³/mol. The Hall–Kier alpha value is -3.38. The first-order chi connectivity index (χ1) is 20.5. The fourth-order valence-corrected chi connectivity index (χ4v) is 6.43. The number of hydrogen-bond acceptors (Lipinski definition) is 8. The Morgan fingerprint density at radius 2 is 1.81 bits per heavy atom. The number of carbonyl (C=O) groups is 1. The van der Waals surface area contributed by atoms with Crippen LogP contribution in [0.2, 0.25) is 0 Å². The number of imidazole rings is 1. The topological polar surface area (TPSA) is 94.8 Å². The van der Waals surface area contributed by atoms with Crippen molar-refractivity contribution in [2.24, 2.45) is 11.8 Å². The van der Waals surface area contributed by atoms with E-state index in [9.17, 15) is 13.6 Å². The van der Waals surface area contributed by atoms with E-state index in [1.807, 2.05) is 9.80 Å². The van der Waals surface area contributed by atoms with Crippen LogP contribution in [-0.4, -0.2) is 89.5 Å². The summed E-state index contributed by atoms with van der Waals surface area (Å²) >= 11 is 0. The number of fused-ring (bicyclic) bond motifs is 1. The third kappa shape index (κ3) is 6.05. The molecule has 3 aliphatic rings. The van der Waals surface area contributed by atoms with Crippen molar-refractivity contribution in [2.45, 2.75) is 51.0 Å². The molecular formula is C30H38F2N6O4. The molecule has 1 aromatic carbocycles. The van der Waals surface area contributed by atoms with Gasteiger partial charge in [0.25, 0.3) is 6.43 Å². The number of methoxy groups -OCH3 is 1. The highest BCUT2D eigenvalue weighted by Gasteiger charge is 2.35. The van der Waals surface area contributed by atoms with Crippen LogP contribution in [0.15, 0.2) is 30.3 Å². The molecule has 0 spiro atoms. The van der Waals surface area contributed by atoms with Gasteiger partial charge in [-0.05, 0) is 56.6 Å². The number of carbonyl (C=O) groups excluding carboxylic acids is 1. The van der Waals surface area contributed by atoms with Gasteiger partial charge in [-0.1, -0.05) is 12.1 Å². The molecule has 2 aliphatic heterocycles. The van der Waals surface area contributed by atoms with Crippen LogP contribution in [0.25, 0.3) is 16.9 Å². The lowest BCUT2D eigenvalue weighted by atomic mass is 9.81. The van der Waals surface area contributed by atoms with Crippen molar-refractivity contribution in [3.63, 3.8) is 0 Å². The molecule has 12 heteroatoms. The summed E-state index contributed by atoms with van der Waals surface area (Å²) in [6.07, 6.45) is 2.68. The second-order valence-corrected chi connectivity index (χ2v) is 11.4. The van der Waals surface area contributed by atoms with Crippen LogP contribution < -0.4 is 9.64 Å². The monoisotopic (exact) mass is 584 g/mol. The molecule has 3 aromatic rings. The first kappa shape index (κ1) is 28.7. The van der Waals surface area contributed by atoms with Gasteiger partial charge in [0.2, 0.25) is 17.7 Å². The molecule has 3 fully saturated rings. The summed E-state index contributed by atoms with van der Waals surface area (Å²) in [6, 6.07) is 8.83. The number of alkyl halides is 2. The number of aromatic nitrogens is 4. The molecule has 6 rings (SSSR count). The van der Waals surface area contributed by atoms with Crippen LogP contribution in [0.3, 0.4) is 0 Å². The highest BCUT2D eigenvalue weighted by atomic mass is 19.3. The van der Waals surface area contributed by atoms with Crippen LogP contribution >= 0.6 is 0 Å². The molecule has 1 atom stereocenters. The van der Waals surface area contributed by atoms with Gasteiger partial charge in [-0.25, -0.2) is 13.8 Å². The SMILES string of the molecule is COC[C@@H]1CCCN1C(=O)C1CCC(COc2cc(-n3c(C(F)F)nc4ccccc43)nc(N3CCOCC3)n2)CC1. The molecule has 10 nitrogen and oxygen atoms in total. The Kier molecular flexibility index (Phi) is 8.80. The molecule has 1 aliphatic carbocycles. The number of morpholine rings is 1. The van der Waals surface area contributed by atoms with E-state index in [4.69, 9.17) is 19.2 Å². The second-order valence-electron chi connectivity index (χ2n) is 11.4. The molecule has 0 unspecified atom stereocenters. The first-order valence-electron chi connectivity index (χ1n) is 14.9. The maximum absolute atomic E-state index is 14.1. The van der Waals surface area contributed by atoms with Crippen molar-refractivity contribution in [2.75, 3.05) is 58.1 Å². The number of para-hydroxylation sites is 2. The second kappa shape index (κ2) is 12.9. The molecular weight excluding hydrogens is 546 g/mol. The number of halogens is 2. The lowest BCUT2D eigenvalue weighted by molar-refractivity contribution is -0.138. The average Bonchev–Trinajstić information content (AvgIpc) is 3.65. The van der Waals surface area contributed by atoms with Gasteiger partial charge < -0.3 is 24.0 Å². The summed E-state index contributed by atoms with van der Waals surface area (Å²) in [7, 11) is 1.69. The minimum absolute atomic E-state index is 0.0413. The Morgan fingerprint density at radius 3 is 2.57 bits per heavy atom. The molecule has 1 amide bonds. The van der Waals surface area contributed by atoms with Crippen LogP contribution in [0.5, 0.6) is 5.88 Å². The Labute approximate surface area is 244 Å². The lowest BCUT2D eigenvalue weighted by Crippen LogP contribution is -2.42. The number of hydrogen-bond donors (Lipinski definition) is 0. The zero-order valence-corrected chi connectivity index (χ0v) is 24.0. The maximum Gasteiger partial charge on any atom is 0.296 e. The van der Waals surface area contributed by atoms with Gasteiger partial charge in [0.1, 0.15) is 5.82 Å². The molecule has 0 bridgehead atoms. The van der Waals surface area contributed by atoms with Crippen molar-refractivity contribution in [1.82, 2.24) is 24.4 Å². The van der Waals surface area contributed by atoms with Crippen molar-refractivity contribution in [3.05, 3.63) is 36.2 Å². The Balaban J connectivity index is 1.18. The minimum Gasteiger partial charge on any atom is -0.477 e. The van der Waals surface area contributed by atoms with E-state index in [-0.39, 0.29) is 35.4 Å². The summed E-state index contributed by atoms with van der Waals surface area (Å²) in [4.78, 5) is 30.8. The van der Waals surface area contributed by atoms with E-state index in [0.717, 1.165) is 45.1 Å². The average molecular weight is 585 g/mol. The zero-order valence-electron chi connectivity index (χ0n) is 24.0. The smallest absolute Gasteiger partial charge is 0.296 e. The van der Waals surface area contributed by atoms with E-state index in [1.165, 1.54) is 4.57 Å². The standard InChI is InChI=1S/C30H38F2N6O4/c1-40-19-22-5-4-12-37(22)29(39)21-10-8-20(9-11-21)18-42-26-17-25(34-30(35-26)36-13-15-41-16-14-36)38-24-7-3-2-6-23(24)33-28(38)27(31)32/h2-3,6-7,17,20-22,27H,4-5,8-16,18-19H2,1H3/t20?,21?,22-/m0/s1. The number of ether oxygens (including phenoxy) is 3. The third-order valence-corrected chi connectivity index (χ3v) is 8.66. The minimum atomic E-state index is -2.79. The van der Waals surface area contributed by atoms with E-state index in [1.54, 1.807) is 37.4 Å². The van der Waals surface area contributed by atoms with Crippen molar-refractivity contribution >= 4 is 22.9 Å². The Bertz CT molecular complexity index is 1370. The third-order valence-electron chi connectivity index (χ3n) is 8.66. The summed E-state index contributed by atoms with van der Waals surface area (Å²) in [5.41, 5.74) is 1.01. The van der Waals surface area contributed by atoms with Crippen LogP contribution in [0.1, 0.15) is 50.8 Å². The van der Waals surface area contributed by atoms with E-state index >= 15 is 0 Å². The number of likely N-dealkylation sites (tertiary alicyclic amines) is 1.